The first-order valence-corrected chi connectivity index (χ1v) is 6.75. The number of nitrogens with one attached hydrogen (secondary N) is 1. The number of carbonyl (C=O) groups is 1. The van der Waals surface area contributed by atoms with Gasteiger partial charge in [-0.3, -0.25) is 9.48 Å². The molecule has 0 aliphatic heterocycles. The molecule has 0 aromatic carbocycles. The molecule has 0 spiro atoms. The highest BCUT2D eigenvalue weighted by Crippen LogP contribution is 2.05. The third-order valence-electron chi connectivity index (χ3n) is 2.88. The largest absolute Gasteiger partial charge is 0.347 e. The second kappa shape index (κ2) is 6.66. The van der Waals surface area contributed by atoms with Crippen molar-refractivity contribution in [1.82, 2.24) is 20.1 Å². The number of nitrogens with zero attached hydrogens (tertiary/aromatic N) is 4. The van der Waals surface area contributed by atoms with Crippen LogP contribution in [0.2, 0.25) is 0 Å². The van der Waals surface area contributed by atoms with Crippen molar-refractivity contribution in [2.24, 2.45) is 5.92 Å². The van der Waals surface area contributed by atoms with Crippen LogP contribution in [0.1, 0.15) is 35.6 Å². The zero-order chi connectivity index (χ0) is 15.2. The van der Waals surface area contributed by atoms with Gasteiger partial charge < -0.3 is 5.32 Å². The molecular weight excluding hydrogens is 266 g/mol. The minimum Gasteiger partial charge on any atom is -0.347 e. The first-order valence-electron chi connectivity index (χ1n) is 6.75. The van der Waals surface area contributed by atoms with Gasteiger partial charge in [0.1, 0.15) is 17.5 Å². The Morgan fingerprint density at radius 3 is 2.95 bits per heavy atom. The summed E-state index contributed by atoms with van der Waals surface area (Å²) >= 11 is 0. The van der Waals surface area contributed by atoms with Crippen molar-refractivity contribution in [2.75, 3.05) is 0 Å². The van der Waals surface area contributed by atoms with E-state index in [1.165, 1.54) is 0 Å². The summed E-state index contributed by atoms with van der Waals surface area (Å²) in [5, 5.41) is 15.8. The topological polar surface area (TPSA) is 83.6 Å². The predicted octanol–water partition coefficient (Wildman–Crippen LogP) is 1.74. The second-order valence-electron chi connectivity index (χ2n) is 5.14. The lowest BCUT2D eigenvalue weighted by molar-refractivity contribution is 0.0939. The molecular formula is C15H17N5O. The summed E-state index contributed by atoms with van der Waals surface area (Å²) in [5.74, 6) is 0.235. The van der Waals surface area contributed by atoms with Gasteiger partial charge in [-0.2, -0.15) is 10.4 Å². The Bertz CT molecular complexity index is 669. The number of hydrogen-bond donors (Lipinski definition) is 1. The minimum atomic E-state index is -0.177. The summed E-state index contributed by atoms with van der Waals surface area (Å²) < 4.78 is 1.70. The standard InChI is InChI=1S/C15H17N5O/c1-11(2)10-20-14(4-6-19-20)15(21)18-9-12-3-5-17-13(7-12)8-16/h3-7,11H,9-10H2,1-2H3,(H,18,21). The Kier molecular flexibility index (Phi) is 4.67. The molecule has 0 bridgehead atoms. The quantitative estimate of drug-likeness (QED) is 0.905. The Morgan fingerprint density at radius 2 is 2.24 bits per heavy atom. The maximum absolute atomic E-state index is 12.2. The highest BCUT2D eigenvalue weighted by molar-refractivity contribution is 5.92. The van der Waals surface area contributed by atoms with Crippen LogP contribution < -0.4 is 5.32 Å². The van der Waals surface area contributed by atoms with Gasteiger partial charge in [-0.1, -0.05) is 13.8 Å². The number of pyridine rings is 1. The van der Waals surface area contributed by atoms with Crippen LogP contribution in [0.25, 0.3) is 0 Å². The summed E-state index contributed by atoms with van der Waals surface area (Å²) in [6.45, 7) is 5.19. The second-order valence-corrected chi connectivity index (χ2v) is 5.14. The maximum atomic E-state index is 12.2. The van der Waals surface area contributed by atoms with Gasteiger partial charge in [-0.15, -0.1) is 0 Å². The molecule has 108 valence electrons. The van der Waals surface area contributed by atoms with Gasteiger partial charge in [-0.25, -0.2) is 4.98 Å². The molecule has 2 rings (SSSR count). The van der Waals surface area contributed by atoms with Crippen LogP contribution in [0, 0.1) is 17.2 Å². The third-order valence-corrected chi connectivity index (χ3v) is 2.88. The Hall–Kier alpha value is -2.68. The molecule has 0 unspecified atom stereocenters. The molecule has 0 radical (unpaired) electrons. The monoisotopic (exact) mass is 283 g/mol. The highest BCUT2D eigenvalue weighted by atomic mass is 16.2. The number of carbonyl (C=O) groups excluding carboxylic acids is 1. The van der Waals surface area contributed by atoms with E-state index < -0.39 is 0 Å². The number of aromatic nitrogens is 3. The summed E-state index contributed by atoms with van der Waals surface area (Å²) in [6, 6.07) is 7.10. The number of rotatable bonds is 5. The fourth-order valence-corrected chi connectivity index (χ4v) is 1.94. The van der Waals surface area contributed by atoms with Gasteiger partial charge in [0.25, 0.3) is 5.91 Å². The summed E-state index contributed by atoms with van der Waals surface area (Å²) in [6.07, 6.45) is 3.18. The molecule has 6 nitrogen and oxygen atoms in total. The van der Waals surface area contributed by atoms with Gasteiger partial charge in [0.05, 0.1) is 0 Å². The van der Waals surface area contributed by atoms with Crippen molar-refractivity contribution >= 4 is 5.91 Å². The third kappa shape index (κ3) is 3.89. The average molecular weight is 283 g/mol. The average Bonchev–Trinajstić information content (AvgIpc) is 2.92. The van der Waals surface area contributed by atoms with Crippen LogP contribution >= 0.6 is 0 Å². The minimum absolute atomic E-state index is 0.177. The molecule has 0 saturated carbocycles. The summed E-state index contributed by atoms with van der Waals surface area (Å²) in [5.41, 5.74) is 1.72. The van der Waals surface area contributed by atoms with Gasteiger partial charge in [-0.05, 0) is 29.7 Å². The van der Waals surface area contributed by atoms with Crippen molar-refractivity contribution in [3.05, 3.63) is 47.5 Å². The van der Waals surface area contributed by atoms with E-state index in [4.69, 9.17) is 5.26 Å². The molecule has 0 atom stereocenters. The van der Waals surface area contributed by atoms with Crippen molar-refractivity contribution in [3.8, 4) is 6.07 Å². The van der Waals surface area contributed by atoms with Gasteiger partial charge in [0, 0.05) is 25.5 Å². The molecule has 2 heterocycles. The fraction of sp³-hybridized carbons (Fsp3) is 0.333. The van der Waals surface area contributed by atoms with E-state index in [0.29, 0.717) is 30.4 Å². The summed E-state index contributed by atoms with van der Waals surface area (Å²) in [7, 11) is 0. The Morgan fingerprint density at radius 1 is 1.43 bits per heavy atom. The normalized spacial score (nSPS) is 10.4. The molecule has 0 fully saturated rings. The Labute approximate surface area is 123 Å². The SMILES string of the molecule is CC(C)Cn1nccc1C(=O)NCc1ccnc(C#N)c1. The fourth-order valence-electron chi connectivity index (χ4n) is 1.94. The van der Waals surface area contributed by atoms with Gasteiger partial charge >= 0.3 is 0 Å². The van der Waals surface area contributed by atoms with Crippen LogP contribution in [0.15, 0.2) is 30.6 Å². The predicted molar refractivity (Wildman–Crippen MR) is 77.2 cm³/mol. The maximum Gasteiger partial charge on any atom is 0.269 e. The van der Waals surface area contributed by atoms with Crippen LogP contribution in [0.5, 0.6) is 0 Å². The van der Waals surface area contributed by atoms with Crippen molar-refractivity contribution in [1.29, 1.82) is 5.26 Å². The first-order chi connectivity index (χ1) is 10.1. The van der Waals surface area contributed by atoms with E-state index in [-0.39, 0.29) is 5.91 Å². The van der Waals surface area contributed by atoms with Crippen molar-refractivity contribution < 1.29 is 4.79 Å². The van der Waals surface area contributed by atoms with E-state index in [9.17, 15) is 4.79 Å². The summed E-state index contributed by atoms with van der Waals surface area (Å²) in [4.78, 5) is 16.1. The molecule has 0 aliphatic rings. The van der Waals surface area contributed by atoms with E-state index in [2.05, 4.69) is 29.2 Å². The zero-order valence-electron chi connectivity index (χ0n) is 12.1. The molecule has 1 amide bonds. The Balaban J connectivity index is 2.02. The highest BCUT2D eigenvalue weighted by Gasteiger charge is 2.12. The molecule has 1 N–H and O–H groups in total. The smallest absolute Gasteiger partial charge is 0.269 e. The zero-order valence-corrected chi connectivity index (χ0v) is 12.1. The lowest BCUT2D eigenvalue weighted by atomic mass is 10.2. The van der Waals surface area contributed by atoms with E-state index in [1.807, 2.05) is 6.07 Å². The van der Waals surface area contributed by atoms with Crippen molar-refractivity contribution in [2.45, 2.75) is 26.9 Å². The van der Waals surface area contributed by atoms with Crippen LogP contribution in [-0.4, -0.2) is 20.7 Å². The van der Waals surface area contributed by atoms with E-state index in [1.54, 1.807) is 35.3 Å². The molecule has 2 aromatic heterocycles. The van der Waals surface area contributed by atoms with Crippen LogP contribution in [-0.2, 0) is 13.1 Å². The number of amides is 1. The lowest BCUT2D eigenvalue weighted by Crippen LogP contribution is -2.26. The molecule has 6 heteroatoms. The molecule has 2 aromatic rings. The van der Waals surface area contributed by atoms with Crippen LogP contribution in [0.3, 0.4) is 0 Å². The van der Waals surface area contributed by atoms with Gasteiger partial charge in [0.2, 0.25) is 0 Å². The van der Waals surface area contributed by atoms with E-state index in [0.717, 1.165) is 5.56 Å². The number of nitriles is 1. The first kappa shape index (κ1) is 14.7. The lowest BCUT2D eigenvalue weighted by Gasteiger charge is -2.10. The number of hydrogen-bond acceptors (Lipinski definition) is 4. The molecule has 0 saturated heterocycles. The van der Waals surface area contributed by atoms with Gasteiger partial charge in [0.15, 0.2) is 0 Å². The van der Waals surface area contributed by atoms with Crippen molar-refractivity contribution in [3.63, 3.8) is 0 Å². The molecule has 0 aliphatic carbocycles. The van der Waals surface area contributed by atoms with E-state index >= 15 is 0 Å². The molecule has 21 heavy (non-hydrogen) atoms. The van der Waals surface area contributed by atoms with Crippen LogP contribution in [0.4, 0.5) is 0 Å².